The standard InChI is InChI=1S/C13H24N2O5/c14-9(6-8-4-2-1-3-5-8)11(17)12(18)15-10(7-16)13(19)20/h8-11,16-17H,1-7,14H2,(H,15,18)(H,19,20). The molecular weight excluding hydrogens is 264 g/mol. The summed E-state index contributed by atoms with van der Waals surface area (Å²) < 4.78 is 0. The first-order valence-electron chi connectivity index (χ1n) is 7.03. The molecule has 0 aromatic heterocycles. The Morgan fingerprint density at radius 2 is 1.85 bits per heavy atom. The molecule has 7 nitrogen and oxygen atoms in total. The summed E-state index contributed by atoms with van der Waals surface area (Å²) in [5.41, 5.74) is 5.82. The molecule has 7 heteroatoms. The highest BCUT2D eigenvalue weighted by molar-refractivity contribution is 5.86. The SMILES string of the molecule is NC(CC1CCCCC1)C(O)C(=O)NC(CO)C(=O)O. The van der Waals surface area contributed by atoms with Crippen LogP contribution in [0.5, 0.6) is 0 Å². The summed E-state index contributed by atoms with van der Waals surface area (Å²) in [5.74, 6) is -1.79. The van der Waals surface area contributed by atoms with Crippen LogP contribution in [0.3, 0.4) is 0 Å². The molecule has 0 aromatic carbocycles. The van der Waals surface area contributed by atoms with Gasteiger partial charge in [0.25, 0.3) is 5.91 Å². The molecule has 1 fully saturated rings. The van der Waals surface area contributed by atoms with Gasteiger partial charge in [-0.1, -0.05) is 32.1 Å². The van der Waals surface area contributed by atoms with Crippen LogP contribution in [-0.2, 0) is 9.59 Å². The van der Waals surface area contributed by atoms with Crippen molar-refractivity contribution in [3.05, 3.63) is 0 Å². The first-order chi connectivity index (χ1) is 9.45. The lowest BCUT2D eigenvalue weighted by molar-refractivity contribution is -0.144. The van der Waals surface area contributed by atoms with E-state index >= 15 is 0 Å². The quantitative estimate of drug-likeness (QED) is 0.417. The van der Waals surface area contributed by atoms with Gasteiger partial charge in [0.15, 0.2) is 0 Å². The van der Waals surface area contributed by atoms with Crippen molar-refractivity contribution in [1.82, 2.24) is 5.32 Å². The highest BCUT2D eigenvalue weighted by Gasteiger charge is 2.29. The fourth-order valence-electron chi connectivity index (χ4n) is 2.57. The van der Waals surface area contributed by atoms with Gasteiger partial charge in [0.2, 0.25) is 0 Å². The molecule has 6 N–H and O–H groups in total. The van der Waals surface area contributed by atoms with Crippen LogP contribution >= 0.6 is 0 Å². The van der Waals surface area contributed by atoms with Gasteiger partial charge in [-0.2, -0.15) is 0 Å². The third kappa shape index (κ3) is 5.07. The summed E-state index contributed by atoms with van der Waals surface area (Å²) in [4.78, 5) is 22.4. The number of aliphatic hydroxyl groups is 2. The second kappa shape index (κ2) is 8.18. The van der Waals surface area contributed by atoms with Crippen LogP contribution in [0.4, 0.5) is 0 Å². The highest BCUT2D eigenvalue weighted by atomic mass is 16.4. The van der Waals surface area contributed by atoms with Crippen molar-refractivity contribution in [2.45, 2.75) is 56.7 Å². The van der Waals surface area contributed by atoms with Crippen molar-refractivity contribution in [3.8, 4) is 0 Å². The van der Waals surface area contributed by atoms with Crippen molar-refractivity contribution in [2.75, 3.05) is 6.61 Å². The Kier molecular flexibility index (Phi) is 6.90. The van der Waals surface area contributed by atoms with Crippen LogP contribution in [0, 0.1) is 5.92 Å². The number of carbonyl (C=O) groups is 2. The average Bonchev–Trinajstić information content (AvgIpc) is 2.44. The molecule has 1 rings (SSSR count). The Balaban J connectivity index is 2.43. The zero-order valence-electron chi connectivity index (χ0n) is 11.5. The number of hydrogen-bond donors (Lipinski definition) is 5. The molecule has 3 atom stereocenters. The van der Waals surface area contributed by atoms with Gasteiger partial charge < -0.3 is 26.4 Å². The molecule has 1 saturated carbocycles. The maximum atomic E-state index is 11.7. The van der Waals surface area contributed by atoms with Crippen molar-refractivity contribution < 1.29 is 24.9 Å². The van der Waals surface area contributed by atoms with Gasteiger partial charge in [0.1, 0.15) is 12.1 Å². The monoisotopic (exact) mass is 288 g/mol. The van der Waals surface area contributed by atoms with Gasteiger partial charge >= 0.3 is 5.97 Å². The van der Waals surface area contributed by atoms with Crippen LogP contribution in [0.2, 0.25) is 0 Å². The van der Waals surface area contributed by atoms with E-state index in [4.69, 9.17) is 15.9 Å². The fraction of sp³-hybridized carbons (Fsp3) is 0.846. The molecule has 0 aliphatic heterocycles. The Morgan fingerprint density at radius 1 is 1.25 bits per heavy atom. The van der Waals surface area contributed by atoms with E-state index in [2.05, 4.69) is 5.32 Å². The number of hydrogen-bond acceptors (Lipinski definition) is 5. The van der Waals surface area contributed by atoms with Crippen LogP contribution < -0.4 is 11.1 Å². The van der Waals surface area contributed by atoms with Crippen molar-refractivity contribution in [2.24, 2.45) is 11.7 Å². The fourth-order valence-corrected chi connectivity index (χ4v) is 2.57. The number of carboxylic acid groups (broad SMARTS) is 1. The van der Waals surface area contributed by atoms with E-state index < -0.39 is 36.7 Å². The molecule has 0 aromatic rings. The predicted octanol–water partition coefficient (Wildman–Crippen LogP) is -0.793. The van der Waals surface area contributed by atoms with E-state index in [1.54, 1.807) is 0 Å². The second-order valence-corrected chi connectivity index (χ2v) is 5.43. The Hall–Kier alpha value is -1.18. The van der Waals surface area contributed by atoms with Gasteiger partial charge in [0.05, 0.1) is 6.61 Å². The minimum Gasteiger partial charge on any atom is -0.480 e. The summed E-state index contributed by atoms with van der Waals surface area (Å²) in [6.07, 6.45) is 4.70. The number of aliphatic hydroxyl groups excluding tert-OH is 2. The molecule has 0 spiro atoms. The van der Waals surface area contributed by atoms with E-state index in [0.717, 1.165) is 25.7 Å². The lowest BCUT2D eigenvalue weighted by Gasteiger charge is -2.27. The normalized spacial score (nSPS) is 20.9. The Morgan fingerprint density at radius 3 is 2.35 bits per heavy atom. The maximum absolute atomic E-state index is 11.7. The molecule has 0 radical (unpaired) electrons. The predicted molar refractivity (Wildman–Crippen MR) is 71.8 cm³/mol. The highest BCUT2D eigenvalue weighted by Crippen LogP contribution is 2.27. The minimum absolute atomic E-state index is 0.411. The first kappa shape index (κ1) is 16.9. The van der Waals surface area contributed by atoms with Crippen LogP contribution in [0.15, 0.2) is 0 Å². The van der Waals surface area contributed by atoms with Crippen LogP contribution in [0.25, 0.3) is 0 Å². The molecule has 0 saturated heterocycles. The van der Waals surface area contributed by atoms with Crippen LogP contribution in [0.1, 0.15) is 38.5 Å². The van der Waals surface area contributed by atoms with E-state index in [1.807, 2.05) is 0 Å². The van der Waals surface area contributed by atoms with Gasteiger partial charge in [-0.25, -0.2) is 4.79 Å². The number of nitrogens with two attached hydrogens (primary N) is 1. The van der Waals surface area contributed by atoms with Crippen molar-refractivity contribution in [1.29, 1.82) is 0 Å². The minimum atomic E-state index is -1.45. The third-order valence-electron chi connectivity index (χ3n) is 3.80. The van der Waals surface area contributed by atoms with Gasteiger partial charge in [-0.15, -0.1) is 0 Å². The summed E-state index contributed by atoms with van der Waals surface area (Å²) in [5, 5.41) is 29.4. The number of amides is 1. The van der Waals surface area contributed by atoms with Crippen molar-refractivity contribution in [3.63, 3.8) is 0 Å². The topological polar surface area (TPSA) is 133 Å². The molecule has 1 amide bonds. The van der Waals surface area contributed by atoms with Gasteiger partial charge in [0, 0.05) is 6.04 Å². The van der Waals surface area contributed by atoms with E-state index in [1.165, 1.54) is 6.42 Å². The third-order valence-corrected chi connectivity index (χ3v) is 3.80. The zero-order chi connectivity index (χ0) is 15.1. The van der Waals surface area contributed by atoms with E-state index in [0.29, 0.717) is 12.3 Å². The molecule has 20 heavy (non-hydrogen) atoms. The number of rotatable bonds is 7. The zero-order valence-corrected chi connectivity index (χ0v) is 11.5. The van der Waals surface area contributed by atoms with Gasteiger partial charge in [-0.3, -0.25) is 4.79 Å². The van der Waals surface area contributed by atoms with Crippen LogP contribution in [-0.4, -0.2) is 52.0 Å². The summed E-state index contributed by atoms with van der Waals surface area (Å²) in [6.45, 7) is -0.730. The molecule has 1 aliphatic rings. The Labute approximate surface area is 118 Å². The number of nitrogens with one attached hydrogen (secondary N) is 1. The summed E-state index contributed by atoms with van der Waals surface area (Å²) in [7, 11) is 0. The first-order valence-corrected chi connectivity index (χ1v) is 7.03. The van der Waals surface area contributed by atoms with E-state index in [-0.39, 0.29) is 0 Å². The molecule has 116 valence electrons. The number of aliphatic carboxylic acids is 1. The Bertz CT molecular complexity index is 331. The average molecular weight is 288 g/mol. The second-order valence-electron chi connectivity index (χ2n) is 5.43. The van der Waals surface area contributed by atoms with E-state index in [9.17, 15) is 14.7 Å². The number of carbonyl (C=O) groups excluding carboxylic acids is 1. The molecule has 1 aliphatic carbocycles. The van der Waals surface area contributed by atoms with Crippen molar-refractivity contribution >= 4 is 11.9 Å². The smallest absolute Gasteiger partial charge is 0.328 e. The summed E-state index contributed by atoms with van der Waals surface area (Å²) in [6, 6.07) is -2.13. The lowest BCUT2D eigenvalue weighted by atomic mass is 9.84. The molecule has 3 unspecified atom stereocenters. The molecule has 0 bridgehead atoms. The molecular formula is C13H24N2O5. The maximum Gasteiger partial charge on any atom is 0.328 e. The number of carboxylic acids is 1. The lowest BCUT2D eigenvalue weighted by Crippen LogP contribution is -2.52. The summed E-state index contributed by atoms with van der Waals surface area (Å²) >= 11 is 0. The van der Waals surface area contributed by atoms with Gasteiger partial charge in [-0.05, 0) is 12.3 Å². The molecule has 0 heterocycles. The largest absolute Gasteiger partial charge is 0.480 e.